The van der Waals surface area contributed by atoms with Crippen LogP contribution in [0.1, 0.15) is 55.4 Å². The molecule has 0 amide bonds. The molecular weight excluding hydrogens is 604 g/mol. The van der Waals surface area contributed by atoms with E-state index in [4.69, 9.17) is 9.31 Å². The van der Waals surface area contributed by atoms with Crippen LogP contribution in [0.3, 0.4) is 0 Å². The lowest BCUT2D eigenvalue weighted by Gasteiger charge is -2.59. The summed E-state index contributed by atoms with van der Waals surface area (Å²) in [6, 6.07) is 33.4. The molecule has 0 radical (unpaired) electrons. The summed E-state index contributed by atoms with van der Waals surface area (Å²) in [5.74, 6) is 0. The smallest absolute Gasteiger partial charge is 0.245 e. The number of carbonyl (C=O) groups excluding carboxylic acids is 2. The SMILES string of the molecule is CC(C)P(c1ccccc1[B-]1(OC=O)c2ccccc2[B-](OC=O)(c2ccccc2P(C(C)C)C(C)C)c2ccccc21)C(C)C. The Kier molecular flexibility index (Phi) is 10.3. The molecule has 0 unspecified atom stereocenters. The van der Waals surface area contributed by atoms with Crippen molar-refractivity contribution in [1.29, 1.82) is 0 Å². The molecule has 1 heterocycles. The highest BCUT2D eigenvalue weighted by atomic mass is 31.1. The van der Waals surface area contributed by atoms with Gasteiger partial charge in [-0.05, 0) is 22.6 Å². The third-order valence-corrected chi connectivity index (χ3v) is 16.2. The predicted octanol–water partition coefficient (Wildman–Crippen LogP) is 4.13. The number of hydrogen-bond donors (Lipinski definition) is 0. The second-order valence-corrected chi connectivity index (χ2v) is 20.3. The molecule has 1 aliphatic heterocycles. The topological polar surface area (TPSA) is 52.6 Å². The third kappa shape index (κ3) is 5.46. The molecule has 0 saturated carbocycles. The molecule has 0 spiro atoms. The van der Waals surface area contributed by atoms with Crippen LogP contribution < -0.4 is 43.4 Å². The Morgan fingerprint density at radius 2 is 0.674 bits per heavy atom. The van der Waals surface area contributed by atoms with Crippen molar-refractivity contribution in [3.05, 3.63) is 97.1 Å². The molecule has 0 atom stereocenters. The van der Waals surface area contributed by atoms with Crippen molar-refractivity contribution in [2.45, 2.75) is 78.0 Å². The Morgan fingerprint density at radius 1 is 0.435 bits per heavy atom. The summed E-state index contributed by atoms with van der Waals surface area (Å²) in [5, 5.41) is 2.49. The van der Waals surface area contributed by atoms with E-state index in [2.05, 4.69) is 128 Å². The normalized spacial score (nSPS) is 19.1. The number of rotatable bonds is 12. The summed E-state index contributed by atoms with van der Waals surface area (Å²) in [6.45, 7) is 19.5. The fourth-order valence-corrected chi connectivity index (χ4v) is 14.8. The van der Waals surface area contributed by atoms with Gasteiger partial charge in [0.05, 0.1) is 0 Å². The fraction of sp³-hybridized carbons (Fsp3) is 0.316. The van der Waals surface area contributed by atoms with Gasteiger partial charge in [0, 0.05) is 0 Å². The minimum Gasteiger partial charge on any atom is -0.679 e. The Labute approximate surface area is 278 Å². The molecule has 4 aromatic rings. The van der Waals surface area contributed by atoms with Crippen LogP contribution in [0.15, 0.2) is 97.1 Å². The van der Waals surface area contributed by atoms with Crippen LogP contribution in [-0.4, -0.2) is 48.3 Å². The average molecular weight is 650 g/mol. The van der Waals surface area contributed by atoms with E-state index in [1.807, 2.05) is 24.3 Å². The number of benzene rings is 4. The first kappa shape index (κ1) is 34.2. The van der Waals surface area contributed by atoms with Crippen LogP contribution in [-0.2, 0) is 18.9 Å². The zero-order chi connectivity index (χ0) is 33.2. The van der Waals surface area contributed by atoms with E-state index in [1.54, 1.807) is 0 Å². The molecular formula is C38H46B2O4P2-2. The van der Waals surface area contributed by atoms with Gasteiger partial charge >= 0.3 is 0 Å². The molecule has 0 bridgehead atoms. The Balaban J connectivity index is 1.98. The van der Waals surface area contributed by atoms with Crippen molar-refractivity contribution >= 4 is 84.9 Å². The van der Waals surface area contributed by atoms with E-state index in [-0.39, 0.29) is 0 Å². The lowest BCUT2D eigenvalue weighted by Crippen LogP contribution is -2.90. The van der Waals surface area contributed by atoms with Crippen LogP contribution in [0.4, 0.5) is 0 Å². The minimum atomic E-state index is -2.25. The van der Waals surface area contributed by atoms with Gasteiger partial charge in [-0.25, -0.2) is 0 Å². The van der Waals surface area contributed by atoms with E-state index in [9.17, 15) is 9.59 Å². The van der Waals surface area contributed by atoms with Crippen molar-refractivity contribution in [1.82, 2.24) is 0 Å². The van der Waals surface area contributed by atoms with Gasteiger partial charge in [0.2, 0.25) is 25.6 Å². The van der Waals surface area contributed by atoms with Crippen LogP contribution in [0, 0.1) is 0 Å². The largest absolute Gasteiger partial charge is 0.679 e. The predicted molar refractivity (Wildman–Crippen MR) is 203 cm³/mol. The molecule has 4 nitrogen and oxygen atoms in total. The first-order valence-electron chi connectivity index (χ1n) is 16.6. The van der Waals surface area contributed by atoms with Gasteiger partial charge in [0.25, 0.3) is 0 Å². The molecule has 8 heteroatoms. The minimum absolute atomic E-state index is 0.425. The summed E-state index contributed by atoms with van der Waals surface area (Å²) >= 11 is 0. The van der Waals surface area contributed by atoms with E-state index in [0.717, 1.165) is 32.8 Å². The van der Waals surface area contributed by atoms with Crippen LogP contribution in [0.25, 0.3) is 0 Å². The molecule has 0 N–H and O–H groups in total. The maximum atomic E-state index is 12.8. The Hall–Kier alpha value is -3.19. The van der Waals surface area contributed by atoms with Crippen molar-refractivity contribution in [3.63, 3.8) is 0 Å². The third-order valence-electron chi connectivity index (χ3n) is 9.79. The molecule has 46 heavy (non-hydrogen) atoms. The van der Waals surface area contributed by atoms with Gasteiger partial charge in [0.15, 0.2) is 0 Å². The molecule has 5 rings (SSSR count). The zero-order valence-electron chi connectivity index (χ0n) is 28.4. The van der Waals surface area contributed by atoms with Crippen molar-refractivity contribution in [3.8, 4) is 0 Å². The van der Waals surface area contributed by atoms with Crippen molar-refractivity contribution < 1.29 is 18.9 Å². The maximum Gasteiger partial charge on any atom is 0.245 e. The Morgan fingerprint density at radius 3 is 0.913 bits per heavy atom. The van der Waals surface area contributed by atoms with Crippen molar-refractivity contribution in [2.75, 3.05) is 0 Å². The van der Waals surface area contributed by atoms with E-state index in [0.29, 0.717) is 35.6 Å². The highest BCUT2D eigenvalue weighted by Gasteiger charge is 2.49. The van der Waals surface area contributed by atoms with Crippen molar-refractivity contribution in [2.24, 2.45) is 0 Å². The second-order valence-electron chi connectivity index (χ2n) is 13.6. The monoisotopic (exact) mass is 650 g/mol. The maximum absolute atomic E-state index is 12.8. The molecule has 4 aromatic carbocycles. The highest BCUT2D eigenvalue weighted by molar-refractivity contribution is 7.68. The van der Waals surface area contributed by atoms with Gasteiger partial charge in [-0.1, -0.05) is 179 Å². The van der Waals surface area contributed by atoms with Crippen LogP contribution in [0.2, 0.25) is 0 Å². The number of fused-ring (bicyclic) bond motifs is 2. The van der Waals surface area contributed by atoms with Gasteiger partial charge in [0.1, 0.15) is 0 Å². The summed E-state index contributed by atoms with van der Waals surface area (Å²) < 4.78 is 13.2. The first-order chi connectivity index (χ1) is 22.1. The Bertz CT molecular complexity index is 1520. The molecule has 240 valence electrons. The number of hydrogen-bond acceptors (Lipinski definition) is 4. The van der Waals surface area contributed by atoms with Crippen LogP contribution >= 0.6 is 15.8 Å². The summed E-state index contributed by atoms with van der Waals surface area (Å²) in [6.07, 6.45) is -4.49. The fourth-order valence-electron chi connectivity index (χ4n) is 8.55. The quantitative estimate of drug-likeness (QED) is 0.132. The second kappa shape index (κ2) is 13.9. The first-order valence-corrected chi connectivity index (χ1v) is 19.5. The molecule has 0 aliphatic carbocycles. The standard InChI is InChI=1S/C38H46B2O4P2/c1-27(2)45(28(3)4)37-23-15-13-21-35(37)39(43-25-41)31-17-9-11-19-33(31)40(44-26-42,34-20-12-10-18-32(34)39)36-22-14-16-24-38(36)46(29(5)6)30(7)8/h9-30H,1-8H3/q-2. The van der Waals surface area contributed by atoms with E-state index in [1.165, 1.54) is 10.6 Å². The molecule has 1 aliphatic rings. The highest BCUT2D eigenvalue weighted by Crippen LogP contribution is 2.45. The van der Waals surface area contributed by atoms with E-state index < -0.39 is 28.5 Å². The van der Waals surface area contributed by atoms with Gasteiger partial charge < -0.3 is 9.31 Å². The lowest BCUT2D eigenvalue weighted by molar-refractivity contribution is -0.122. The van der Waals surface area contributed by atoms with E-state index >= 15 is 0 Å². The van der Waals surface area contributed by atoms with Gasteiger partial charge in [-0.3, -0.25) is 9.59 Å². The average Bonchev–Trinajstić information content (AvgIpc) is 3.03. The summed E-state index contributed by atoms with van der Waals surface area (Å²) in [5.41, 5.74) is 7.30. The molecule has 0 aromatic heterocycles. The summed E-state index contributed by atoms with van der Waals surface area (Å²) in [7, 11) is -1.21. The number of carbonyl (C=O) groups is 2. The lowest BCUT2D eigenvalue weighted by atomic mass is 9.13. The van der Waals surface area contributed by atoms with Crippen LogP contribution in [0.5, 0.6) is 0 Å². The molecule has 0 fully saturated rings. The summed E-state index contributed by atoms with van der Waals surface area (Å²) in [4.78, 5) is 25.6. The van der Waals surface area contributed by atoms with Gasteiger partial charge in [-0.2, -0.15) is 32.8 Å². The zero-order valence-corrected chi connectivity index (χ0v) is 30.2. The van der Waals surface area contributed by atoms with Gasteiger partial charge in [-0.15, -0.1) is 0 Å². The molecule has 0 saturated heterocycles.